The molecule has 0 saturated heterocycles. The molecule has 0 aliphatic heterocycles. The van der Waals surface area contributed by atoms with Gasteiger partial charge in [0.15, 0.2) is 0 Å². The average Bonchev–Trinajstić information content (AvgIpc) is 2.54. The fraction of sp³-hybridized carbons (Fsp3) is 0.810. The highest BCUT2D eigenvalue weighted by Gasteiger charge is 1.91. The lowest BCUT2D eigenvalue weighted by atomic mass is 10.1. The van der Waals surface area contributed by atoms with Gasteiger partial charge in [-0.25, -0.2) is 0 Å². The lowest BCUT2D eigenvalue weighted by Crippen LogP contribution is -2.14. The smallest absolute Gasteiger partial charge is 0.0132 e. The summed E-state index contributed by atoms with van der Waals surface area (Å²) in [5.41, 5.74) is 0. The summed E-state index contributed by atoms with van der Waals surface area (Å²) in [5.74, 6) is 0. The maximum absolute atomic E-state index is 3.71. The van der Waals surface area contributed by atoms with Crippen LogP contribution in [0.15, 0.2) is 24.8 Å². The quantitative estimate of drug-likeness (QED) is 0.217. The largest absolute Gasteiger partial charge is 0.313 e. The monoisotopic (exact) mass is 307 g/mol. The van der Waals surface area contributed by atoms with Crippen LogP contribution in [0.3, 0.4) is 0 Å². The van der Waals surface area contributed by atoms with Gasteiger partial charge in [0, 0.05) is 6.54 Å². The summed E-state index contributed by atoms with van der Waals surface area (Å²) < 4.78 is 0. The molecule has 0 saturated carbocycles. The maximum atomic E-state index is 3.71. The normalized spacial score (nSPS) is 11.3. The molecule has 0 radical (unpaired) electrons. The molecule has 0 aliphatic rings. The number of allylic oxidation sites excluding steroid dienone is 2. The lowest BCUT2D eigenvalue weighted by molar-refractivity contribution is 0.577. The molecule has 0 heterocycles. The van der Waals surface area contributed by atoms with Gasteiger partial charge >= 0.3 is 0 Å². The fourth-order valence-corrected chi connectivity index (χ4v) is 2.70. The molecule has 0 aromatic rings. The van der Waals surface area contributed by atoms with E-state index in [0.29, 0.717) is 0 Å². The number of hydrogen-bond acceptors (Lipinski definition) is 1. The number of rotatable bonds is 18. The van der Waals surface area contributed by atoms with Gasteiger partial charge in [-0.1, -0.05) is 82.9 Å². The third-order valence-corrected chi connectivity index (χ3v) is 4.15. The zero-order valence-electron chi connectivity index (χ0n) is 15.3. The Hall–Kier alpha value is -0.560. The molecule has 0 fully saturated rings. The molecule has 0 aromatic carbocycles. The van der Waals surface area contributed by atoms with Crippen molar-refractivity contribution in [3.05, 3.63) is 24.8 Å². The molecule has 0 bridgehead atoms. The highest BCUT2D eigenvalue weighted by molar-refractivity contribution is 4.81. The SMILES string of the molecule is C=CCNCCCCCCCCC=CCCCCCCCC. The Morgan fingerprint density at radius 3 is 1.73 bits per heavy atom. The molecule has 0 unspecified atom stereocenters. The van der Waals surface area contributed by atoms with Crippen molar-refractivity contribution in [1.29, 1.82) is 0 Å². The van der Waals surface area contributed by atoms with E-state index < -0.39 is 0 Å². The highest BCUT2D eigenvalue weighted by Crippen LogP contribution is 2.09. The zero-order chi connectivity index (χ0) is 16.1. The Labute approximate surface area is 140 Å². The minimum absolute atomic E-state index is 0.949. The van der Waals surface area contributed by atoms with Gasteiger partial charge < -0.3 is 5.32 Å². The van der Waals surface area contributed by atoms with Crippen LogP contribution in [-0.2, 0) is 0 Å². The van der Waals surface area contributed by atoms with E-state index in [4.69, 9.17) is 0 Å². The fourth-order valence-electron chi connectivity index (χ4n) is 2.70. The Bertz CT molecular complexity index is 232. The van der Waals surface area contributed by atoms with Crippen molar-refractivity contribution in [2.75, 3.05) is 13.1 Å². The Morgan fingerprint density at radius 2 is 1.18 bits per heavy atom. The predicted molar refractivity (Wildman–Crippen MR) is 103 cm³/mol. The molecule has 1 N–H and O–H groups in total. The van der Waals surface area contributed by atoms with Gasteiger partial charge in [-0.15, -0.1) is 6.58 Å². The third kappa shape index (κ3) is 19.4. The number of hydrogen-bond donors (Lipinski definition) is 1. The van der Waals surface area contributed by atoms with Crippen LogP contribution in [0.1, 0.15) is 96.8 Å². The van der Waals surface area contributed by atoms with Crippen molar-refractivity contribution in [3.63, 3.8) is 0 Å². The molecule has 22 heavy (non-hydrogen) atoms. The summed E-state index contributed by atoms with van der Waals surface area (Å²) in [6, 6.07) is 0. The van der Waals surface area contributed by atoms with Crippen LogP contribution in [0.25, 0.3) is 0 Å². The predicted octanol–water partition coefficient (Wildman–Crippen LogP) is 6.80. The molecule has 1 heteroatoms. The molecule has 0 rings (SSSR count). The molecule has 0 atom stereocenters. The van der Waals surface area contributed by atoms with E-state index in [1.54, 1.807) is 0 Å². The topological polar surface area (TPSA) is 12.0 Å². The molecule has 0 amide bonds. The van der Waals surface area contributed by atoms with E-state index in [-0.39, 0.29) is 0 Å². The summed E-state index contributed by atoms with van der Waals surface area (Å²) >= 11 is 0. The van der Waals surface area contributed by atoms with E-state index in [0.717, 1.165) is 13.1 Å². The lowest BCUT2D eigenvalue weighted by Gasteiger charge is -2.02. The van der Waals surface area contributed by atoms with Gasteiger partial charge in [0.2, 0.25) is 0 Å². The molecular formula is C21H41N. The second kappa shape index (κ2) is 20.4. The van der Waals surface area contributed by atoms with Gasteiger partial charge in [0.25, 0.3) is 0 Å². The van der Waals surface area contributed by atoms with Crippen LogP contribution in [0.5, 0.6) is 0 Å². The van der Waals surface area contributed by atoms with Crippen molar-refractivity contribution < 1.29 is 0 Å². The minimum Gasteiger partial charge on any atom is -0.313 e. The van der Waals surface area contributed by atoms with Gasteiger partial charge in [-0.05, 0) is 38.6 Å². The molecule has 0 aromatic heterocycles. The third-order valence-electron chi connectivity index (χ3n) is 4.15. The van der Waals surface area contributed by atoms with Crippen molar-refractivity contribution in [3.8, 4) is 0 Å². The zero-order valence-corrected chi connectivity index (χ0v) is 15.3. The van der Waals surface area contributed by atoms with Crippen molar-refractivity contribution in [1.82, 2.24) is 5.32 Å². The van der Waals surface area contributed by atoms with E-state index in [1.807, 2.05) is 6.08 Å². The van der Waals surface area contributed by atoms with Crippen LogP contribution in [0, 0.1) is 0 Å². The van der Waals surface area contributed by atoms with Crippen LogP contribution in [-0.4, -0.2) is 13.1 Å². The van der Waals surface area contributed by atoms with Crippen molar-refractivity contribution in [2.24, 2.45) is 0 Å². The summed E-state index contributed by atoms with van der Waals surface area (Å²) in [6.45, 7) is 8.08. The van der Waals surface area contributed by atoms with E-state index in [2.05, 4.69) is 31.0 Å². The second-order valence-corrected chi connectivity index (χ2v) is 6.43. The van der Waals surface area contributed by atoms with Crippen LogP contribution < -0.4 is 5.32 Å². The first-order valence-electron chi connectivity index (χ1n) is 9.88. The summed E-state index contributed by atoms with van der Waals surface area (Å²) in [4.78, 5) is 0. The first-order valence-corrected chi connectivity index (χ1v) is 9.88. The molecule has 0 aliphatic carbocycles. The summed E-state index contributed by atoms with van der Waals surface area (Å²) in [5, 5.41) is 3.36. The van der Waals surface area contributed by atoms with Crippen molar-refractivity contribution >= 4 is 0 Å². The molecule has 1 nitrogen and oxygen atoms in total. The maximum Gasteiger partial charge on any atom is 0.0132 e. The van der Waals surface area contributed by atoms with Gasteiger partial charge in [-0.2, -0.15) is 0 Å². The highest BCUT2D eigenvalue weighted by atomic mass is 14.8. The molecular weight excluding hydrogens is 266 g/mol. The Morgan fingerprint density at radius 1 is 0.682 bits per heavy atom. The second-order valence-electron chi connectivity index (χ2n) is 6.43. The summed E-state index contributed by atoms with van der Waals surface area (Å²) in [7, 11) is 0. The standard InChI is InChI=1S/C21H41N/c1-3-5-6-7-8-9-10-11-12-13-14-15-16-17-18-19-21-22-20-4-2/h4,11-12,22H,2-3,5-10,13-21H2,1H3. The first-order chi connectivity index (χ1) is 10.9. The Kier molecular flexibility index (Phi) is 19.9. The van der Waals surface area contributed by atoms with Gasteiger partial charge in [0.1, 0.15) is 0 Å². The first kappa shape index (κ1) is 21.4. The molecule has 0 spiro atoms. The van der Waals surface area contributed by atoms with Crippen LogP contribution in [0.2, 0.25) is 0 Å². The minimum atomic E-state index is 0.949. The van der Waals surface area contributed by atoms with Crippen molar-refractivity contribution in [2.45, 2.75) is 96.8 Å². The molecule has 130 valence electrons. The van der Waals surface area contributed by atoms with E-state index >= 15 is 0 Å². The van der Waals surface area contributed by atoms with Gasteiger partial charge in [0.05, 0.1) is 0 Å². The Balaban J connectivity index is 3.03. The van der Waals surface area contributed by atoms with E-state index in [1.165, 1.54) is 89.9 Å². The van der Waals surface area contributed by atoms with E-state index in [9.17, 15) is 0 Å². The average molecular weight is 308 g/mol. The van der Waals surface area contributed by atoms with Gasteiger partial charge in [-0.3, -0.25) is 0 Å². The van der Waals surface area contributed by atoms with Crippen LogP contribution >= 0.6 is 0 Å². The summed E-state index contributed by atoms with van der Waals surface area (Å²) in [6.07, 6.45) is 26.1. The number of unbranched alkanes of at least 4 members (excludes halogenated alkanes) is 12. The number of nitrogens with one attached hydrogen (secondary N) is 1. The van der Waals surface area contributed by atoms with Crippen LogP contribution in [0.4, 0.5) is 0 Å².